The molecule has 106 valence electrons. The van der Waals surface area contributed by atoms with E-state index in [1.54, 1.807) is 25.1 Å². The molecule has 2 N–H and O–H groups in total. The van der Waals surface area contributed by atoms with Crippen molar-refractivity contribution in [2.75, 3.05) is 6.54 Å². The first-order valence-electron chi connectivity index (χ1n) is 6.42. The van der Waals surface area contributed by atoms with Crippen LogP contribution in [0.15, 0.2) is 22.7 Å². The van der Waals surface area contributed by atoms with Gasteiger partial charge in [0, 0.05) is 6.54 Å². The van der Waals surface area contributed by atoms with Gasteiger partial charge in [0.15, 0.2) is 6.10 Å². The second kappa shape index (κ2) is 8.17. The maximum Gasteiger partial charge on any atom is 0.260 e. The van der Waals surface area contributed by atoms with Gasteiger partial charge in [-0.1, -0.05) is 19.4 Å². The highest BCUT2D eigenvalue weighted by Gasteiger charge is 2.15. The lowest BCUT2D eigenvalue weighted by Crippen LogP contribution is -2.36. The van der Waals surface area contributed by atoms with Crippen LogP contribution in [-0.2, 0) is 11.4 Å². The van der Waals surface area contributed by atoms with Gasteiger partial charge in [-0.3, -0.25) is 4.79 Å². The number of ether oxygens (including phenoxy) is 1. The molecule has 1 atom stereocenters. The van der Waals surface area contributed by atoms with Crippen LogP contribution in [0.1, 0.15) is 32.3 Å². The first kappa shape index (κ1) is 16.0. The van der Waals surface area contributed by atoms with E-state index in [4.69, 9.17) is 9.84 Å². The van der Waals surface area contributed by atoms with Gasteiger partial charge in [0.1, 0.15) is 5.75 Å². The van der Waals surface area contributed by atoms with Gasteiger partial charge >= 0.3 is 0 Å². The van der Waals surface area contributed by atoms with Crippen LogP contribution in [0.3, 0.4) is 0 Å². The average molecular weight is 330 g/mol. The summed E-state index contributed by atoms with van der Waals surface area (Å²) in [5.74, 6) is 0.474. The summed E-state index contributed by atoms with van der Waals surface area (Å²) >= 11 is 3.36. The van der Waals surface area contributed by atoms with E-state index >= 15 is 0 Å². The fraction of sp³-hybridized carbons (Fsp3) is 0.500. The number of benzene rings is 1. The minimum absolute atomic E-state index is 0.0219. The molecule has 0 aromatic heterocycles. The fourth-order valence-electron chi connectivity index (χ4n) is 1.51. The molecule has 0 fully saturated rings. The molecule has 0 saturated heterocycles. The molecule has 1 aromatic rings. The van der Waals surface area contributed by atoms with E-state index in [9.17, 15) is 4.79 Å². The third kappa shape index (κ3) is 5.20. The Morgan fingerprint density at radius 1 is 1.53 bits per heavy atom. The number of hydrogen-bond acceptors (Lipinski definition) is 3. The zero-order valence-corrected chi connectivity index (χ0v) is 12.9. The Morgan fingerprint density at radius 3 is 2.84 bits per heavy atom. The van der Waals surface area contributed by atoms with Crippen molar-refractivity contribution in [3.05, 3.63) is 28.2 Å². The van der Waals surface area contributed by atoms with E-state index in [1.165, 1.54) is 0 Å². The highest BCUT2D eigenvalue weighted by molar-refractivity contribution is 9.10. The lowest BCUT2D eigenvalue weighted by atomic mass is 10.2. The van der Waals surface area contributed by atoms with Crippen LogP contribution in [0, 0.1) is 0 Å². The fourth-order valence-corrected chi connectivity index (χ4v) is 2.03. The largest absolute Gasteiger partial charge is 0.480 e. The summed E-state index contributed by atoms with van der Waals surface area (Å²) in [4.78, 5) is 11.8. The number of halogens is 1. The summed E-state index contributed by atoms with van der Waals surface area (Å²) in [6, 6.07) is 5.28. The lowest BCUT2D eigenvalue weighted by Gasteiger charge is -2.16. The van der Waals surface area contributed by atoms with Crippen molar-refractivity contribution in [3.8, 4) is 5.75 Å². The number of hydrogen-bond donors (Lipinski definition) is 2. The second-order valence-electron chi connectivity index (χ2n) is 4.33. The van der Waals surface area contributed by atoms with Gasteiger partial charge < -0.3 is 15.2 Å². The molecule has 1 amide bonds. The van der Waals surface area contributed by atoms with Crippen molar-refractivity contribution >= 4 is 21.8 Å². The molecule has 4 nitrogen and oxygen atoms in total. The Hall–Kier alpha value is -1.07. The predicted octanol–water partition coefficient (Wildman–Crippen LogP) is 2.63. The molecular weight excluding hydrogens is 310 g/mol. The standard InChI is InChI=1S/C14H20BrNO3/c1-3-4-7-16-14(18)10(2)19-13-6-5-11(9-17)8-12(13)15/h5-6,8,10,17H,3-4,7,9H2,1-2H3,(H,16,18). The van der Waals surface area contributed by atoms with Crippen LogP contribution < -0.4 is 10.1 Å². The summed E-state index contributed by atoms with van der Waals surface area (Å²) < 4.78 is 6.33. The zero-order valence-electron chi connectivity index (χ0n) is 11.3. The Balaban J connectivity index is 2.56. The quantitative estimate of drug-likeness (QED) is 0.756. The molecule has 1 unspecified atom stereocenters. The first-order chi connectivity index (χ1) is 9.08. The van der Waals surface area contributed by atoms with Gasteiger partial charge in [0.05, 0.1) is 11.1 Å². The van der Waals surface area contributed by atoms with E-state index in [0.717, 1.165) is 22.9 Å². The van der Waals surface area contributed by atoms with E-state index < -0.39 is 6.10 Å². The summed E-state index contributed by atoms with van der Waals surface area (Å²) in [7, 11) is 0. The topological polar surface area (TPSA) is 58.6 Å². The minimum Gasteiger partial charge on any atom is -0.480 e. The third-order valence-corrected chi connectivity index (χ3v) is 3.30. The Bertz CT molecular complexity index is 423. The van der Waals surface area contributed by atoms with Crippen molar-refractivity contribution in [2.45, 2.75) is 39.4 Å². The molecule has 19 heavy (non-hydrogen) atoms. The number of carbonyl (C=O) groups excluding carboxylic acids is 1. The van der Waals surface area contributed by atoms with Crippen molar-refractivity contribution in [1.82, 2.24) is 5.32 Å². The molecule has 0 radical (unpaired) electrons. The predicted molar refractivity (Wildman–Crippen MR) is 78.1 cm³/mol. The number of unbranched alkanes of at least 4 members (excludes halogenated alkanes) is 1. The number of rotatable bonds is 7. The van der Waals surface area contributed by atoms with Crippen LogP contribution in [0.25, 0.3) is 0 Å². The van der Waals surface area contributed by atoms with E-state index in [1.807, 2.05) is 0 Å². The van der Waals surface area contributed by atoms with Crippen molar-refractivity contribution < 1.29 is 14.6 Å². The summed E-state index contributed by atoms with van der Waals surface area (Å²) in [6.45, 7) is 4.44. The zero-order chi connectivity index (χ0) is 14.3. The summed E-state index contributed by atoms with van der Waals surface area (Å²) in [6.07, 6.45) is 1.46. The molecule has 0 aliphatic heterocycles. The number of carbonyl (C=O) groups is 1. The number of aliphatic hydroxyl groups is 1. The Morgan fingerprint density at radius 2 is 2.26 bits per heavy atom. The molecule has 5 heteroatoms. The molecule has 0 saturated carbocycles. The third-order valence-electron chi connectivity index (χ3n) is 2.68. The summed E-state index contributed by atoms with van der Waals surface area (Å²) in [5, 5.41) is 11.8. The molecule has 0 spiro atoms. The maximum absolute atomic E-state index is 11.8. The molecule has 0 aliphatic carbocycles. The van der Waals surface area contributed by atoms with Gasteiger partial charge in [-0.05, 0) is 47.0 Å². The van der Waals surface area contributed by atoms with Crippen LogP contribution in [0.2, 0.25) is 0 Å². The maximum atomic E-state index is 11.8. The molecule has 1 rings (SSSR count). The first-order valence-corrected chi connectivity index (χ1v) is 7.21. The van der Waals surface area contributed by atoms with Crippen molar-refractivity contribution in [3.63, 3.8) is 0 Å². The van der Waals surface area contributed by atoms with E-state index in [0.29, 0.717) is 12.3 Å². The van der Waals surface area contributed by atoms with Crippen LogP contribution >= 0.6 is 15.9 Å². The normalized spacial score (nSPS) is 12.0. The highest BCUT2D eigenvalue weighted by Crippen LogP contribution is 2.27. The summed E-state index contributed by atoms with van der Waals surface area (Å²) in [5.41, 5.74) is 0.791. The lowest BCUT2D eigenvalue weighted by molar-refractivity contribution is -0.127. The van der Waals surface area contributed by atoms with Gasteiger partial charge in [-0.25, -0.2) is 0 Å². The molecule has 1 aromatic carbocycles. The van der Waals surface area contributed by atoms with E-state index in [-0.39, 0.29) is 12.5 Å². The van der Waals surface area contributed by atoms with E-state index in [2.05, 4.69) is 28.2 Å². The molecular formula is C14H20BrNO3. The SMILES string of the molecule is CCCCNC(=O)C(C)Oc1ccc(CO)cc1Br. The van der Waals surface area contributed by atoms with Crippen molar-refractivity contribution in [1.29, 1.82) is 0 Å². The number of amides is 1. The number of aliphatic hydroxyl groups excluding tert-OH is 1. The second-order valence-corrected chi connectivity index (χ2v) is 5.18. The number of nitrogens with one attached hydrogen (secondary N) is 1. The minimum atomic E-state index is -0.548. The smallest absolute Gasteiger partial charge is 0.260 e. The molecule has 0 bridgehead atoms. The Kier molecular flexibility index (Phi) is 6.87. The van der Waals surface area contributed by atoms with Crippen LogP contribution in [0.5, 0.6) is 5.75 Å². The van der Waals surface area contributed by atoms with Crippen molar-refractivity contribution in [2.24, 2.45) is 0 Å². The van der Waals surface area contributed by atoms with Gasteiger partial charge in [0.25, 0.3) is 5.91 Å². The average Bonchev–Trinajstić information content (AvgIpc) is 2.41. The molecule has 0 aliphatic rings. The van der Waals surface area contributed by atoms with Gasteiger partial charge in [-0.2, -0.15) is 0 Å². The Labute approximate surface area is 122 Å². The molecule has 0 heterocycles. The highest BCUT2D eigenvalue weighted by atomic mass is 79.9. The van der Waals surface area contributed by atoms with Crippen LogP contribution in [0.4, 0.5) is 0 Å². The van der Waals surface area contributed by atoms with Crippen LogP contribution in [-0.4, -0.2) is 23.7 Å². The monoisotopic (exact) mass is 329 g/mol. The van der Waals surface area contributed by atoms with Gasteiger partial charge in [0.2, 0.25) is 0 Å². The van der Waals surface area contributed by atoms with Gasteiger partial charge in [-0.15, -0.1) is 0 Å².